The minimum atomic E-state index is -0.224. The second-order valence-corrected chi connectivity index (χ2v) is 4.64. The van der Waals surface area contributed by atoms with E-state index >= 15 is 0 Å². The minimum absolute atomic E-state index is 0.0249. The molecule has 0 bridgehead atoms. The van der Waals surface area contributed by atoms with E-state index in [0.29, 0.717) is 19.5 Å². The van der Waals surface area contributed by atoms with Crippen LogP contribution in [-0.2, 0) is 9.59 Å². The van der Waals surface area contributed by atoms with Gasteiger partial charge in [-0.25, -0.2) is 0 Å². The number of carbonyl (C=O) groups is 2. The number of benzene rings is 1. The van der Waals surface area contributed by atoms with Crippen molar-refractivity contribution in [1.82, 2.24) is 5.32 Å². The second-order valence-electron chi connectivity index (χ2n) is 4.64. The molecule has 96 valence electrons. The van der Waals surface area contributed by atoms with Gasteiger partial charge in [0.05, 0.1) is 5.92 Å². The molecule has 0 spiro atoms. The molecule has 0 saturated carbocycles. The summed E-state index contributed by atoms with van der Waals surface area (Å²) < 4.78 is 0. The van der Waals surface area contributed by atoms with Crippen LogP contribution in [0, 0.1) is 12.8 Å². The number of nitrogens with zero attached hydrogens (tertiary/aromatic N) is 1. The highest BCUT2D eigenvalue weighted by Crippen LogP contribution is 2.25. The van der Waals surface area contributed by atoms with E-state index in [1.54, 1.807) is 4.90 Å². The van der Waals surface area contributed by atoms with Crippen LogP contribution in [-0.4, -0.2) is 24.9 Å². The maximum atomic E-state index is 12.0. The number of hydrogen-bond donors (Lipinski definition) is 1. The van der Waals surface area contributed by atoms with E-state index in [1.807, 2.05) is 38.1 Å². The number of hydrogen-bond acceptors (Lipinski definition) is 2. The Kier molecular flexibility index (Phi) is 3.65. The van der Waals surface area contributed by atoms with E-state index in [9.17, 15) is 9.59 Å². The van der Waals surface area contributed by atoms with Gasteiger partial charge in [0.25, 0.3) is 0 Å². The average molecular weight is 246 g/mol. The lowest BCUT2D eigenvalue weighted by Gasteiger charge is -2.17. The fourth-order valence-electron chi connectivity index (χ4n) is 2.25. The molecular weight excluding hydrogens is 228 g/mol. The molecule has 1 heterocycles. The fourth-order valence-corrected chi connectivity index (χ4v) is 2.25. The predicted octanol–water partition coefficient (Wildman–Crippen LogP) is 1.48. The number of rotatable bonds is 3. The molecule has 4 nitrogen and oxygen atoms in total. The number of nitrogens with one attached hydrogen (secondary N) is 1. The van der Waals surface area contributed by atoms with Gasteiger partial charge in [0.15, 0.2) is 0 Å². The molecule has 18 heavy (non-hydrogen) atoms. The third-order valence-corrected chi connectivity index (χ3v) is 3.16. The number of anilines is 1. The first-order valence-electron chi connectivity index (χ1n) is 6.26. The Morgan fingerprint density at radius 1 is 1.50 bits per heavy atom. The third-order valence-electron chi connectivity index (χ3n) is 3.16. The van der Waals surface area contributed by atoms with Gasteiger partial charge in [-0.05, 0) is 31.5 Å². The van der Waals surface area contributed by atoms with Crippen molar-refractivity contribution in [2.24, 2.45) is 5.92 Å². The zero-order chi connectivity index (χ0) is 13.1. The van der Waals surface area contributed by atoms with Crippen LogP contribution in [0.25, 0.3) is 0 Å². The molecule has 1 saturated heterocycles. The highest BCUT2D eigenvalue weighted by atomic mass is 16.2. The van der Waals surface area contributed by atoms with Gasteiger partial charge in [-0.1, -0.05) is 12.1 Å². The van der Waals surface area contributed by atoms with E-state index in [0.717, 1.165) is 11.3 Å². The second kappa shape index (κ2) is 5.21. The van der Waals surface area contributed by atoms with Crippen molar-refractivity contribution in [3.63, 3.8) is 0 Å². The zero-order valence-corrected chi connectivity index (χ0v) is 10.8. The molecule has 1 aliphatic heterocycles. The summed E-state index contributed by atoms with van der Waals surface area (Å²) in [6, 6.07) is 7.80. The van der Waals surface area contributed by atoms with Crippen molar-refractivity contribution in [1.29, 1.82) is 0 Å². The molecule has 1 N–H and O–H groups in total. The van der Waals surface area contributed by atoms with Crippen LogP contribution in [0.2, 0.25) is 0 Å². The van der Waals surface area contributed by atoms with Crippen molar-refractivity contribution >= 4 is 17.5 Å². The lowest BCUT2D eigenvalue weighted by molar-refractivity contribution is -0.126. The molecule has 0 radical (unpaired) electrons. The standard InChI is InChI=1S/C14H18N2O2/c1-3-15-14(18)11-8-13(17)16(9-11)12-6-4-5-10(2)7-12/h4-7,11H,3,8-9H2,1-2H3,(H,15,18)/t11-/m0/s1. The first-order valence-corrected chi connectivity index (χ1v) is 6.26. The van der Waals surface area contributed by atoms with Crippen LogP contribution in [0.3, 0.4) is 0 Å². The molecule has 1 atom stereocenters. The van der Waals surface area contributed by atoms with E-state index in [4.69, 9.17) is 0 Å². The number of amides is 2. The predicted molar refractivity (Wildman–Crippen MR) is 70.3 cm³/mol. The molecule has 1 fully saturated rings. The van der Waals surface area contributed by atoms with Crippen LogP contribution < -0.4 is 10.2 Å². The summed E-state index contributed by atoms with van der Waals surface area (Å²) in [4.78, 5) is 25.4. The Bertz CT molecular complexity index is 471. The summed E-state index contributed by atoms with van der Waals surface area (Å²) in [5, 5.41) is 2.77. The minimum Gasteiger partial charge on any atom is -0.356 e. The van der Waals surface area contributed by atoms with Gasteiger partial charge < -0.3 is 10.2 Å². The van der Waals surface area contributed by atoms with Gasteiger partial charge in [-0.3, -0.25) is 9.59 Å². The molecule has 1 aromatic rings. The quantitative estimate of drug-likeness (QED) is 0.878. The van der Waals surface area contributed by atoms with Crippen LogP contribution in [0.15, 0.2) is 24.3 Å². The zero-order valence-electron chi connectivity index (χ0n) is 10.8. The van der Waals surface area contributed by atoms with Crippen molar-refractivity contribution in [2.75, 3.05) is 18.0 Å². The van der Waals surface area contributed by atoms with Crippen LogP contribution in [0.5, 0.6) is 0 Å². The smallest absolute Gasteiger partial charge is 0.227 e. The summed E-state index contributed by atoms with van der Waals surface area (Å²) in [5.41, 5.74) is 1.99. The monoisotopic (exact) mass is 246 g/mol. The van der Waals surface area contributed by atoms with Gasteiger partial charge in [0.2, 0.25) is 11.8 Å². The Morgan fingerprint density at radius 3 is 2.94 bits per heavy atom. The lowest BCUT2D eigenvalue weighted by atomic mass is 10.1. The van der Waals surface area contributed by atoms with Crippen LogP contribution in [0.1, 0.15) is 18.9 Å². The van der Waals surface area contributed by atoms with E-state index < -0.39 is 0 Å². The van der Waals surface area contributed by atoms with E-state index in [2.05, 4.69) is 5.32 Å². The molecule has 2 rings (SSSR count). The molecule has 1 aromatic carbocycles. The molecule has 0 unspecified atom stereocenters. The maximum absolute atomic E-state index is 12.0. The SMILES string of the molecule is CCNC(=O)[C@H]1CC(=O)N(c2cccc(C)c2)C1. The first kappa shape index (κ1) is 12.6. The van der Waals surface area contributed by atoms with Crippen LogP contribution in [0.4, 0.5) is 5.69 Å². The molecule has 1 aliphatic rings. The molecule has 2 amide bonds. The van der Waals surface area contributed by atoms with Crippen molar-refractivity contribution in [3.05, 3.63) is 29.8 Å². The Labute approximate surface area is 107 Å². The summed E-state index contributed by atoms with van der Waals surface area (Å²) in [6.45, 7) is 4.96. The van der Waals surface area contributed by atoms with Crippen LogP contribution >= 0.6 is 0 Å². The van der Waals surface area contributed by atoms with Crippen molar-refractivity contribution < 1.29 is 9.59 Å². The first-order chi connectivity index (χ1) is 8.61. The molecule has 0 aromatic heterocycles. The largest absolute Gasteiger partial charge is 0.356 e. The van der Waals surface area contributed by atoms with E-state index in [1.165, 1.54) is 0 Å². The summed E-state index contributed by atoms with van der Waals surface area (Å²) >= 11 is 0. The van der Waals surface area contributed by atoms with Gasteiger partial charge in [0, 0.05) is 25.2 Å². The van der Waals surface area contributed by atoms with Gasteiger partial charge in [0.1, 0.15) is 0 Å². The lowest BCUT2D eigenvalue weighted by Crippen LogP contribution is -2.32. The van der Waals surface area contributed by atoms with Crippen molar-refractivity contribution in [3.8, 4) is 0 Å². The summed E-state index contributed by atoms with van der Waals surface area (Å²) in [6.07, 6.45) is 0.305. The molecule has 4 heteroatoms. The Balaban J connectivity index is 2.12. The van der Waals surface area contributed by atoms with Gasteiger partial charge >= 0.3 is 0 Å². The average Bonchev–Trinajstić information content (AvgIpc) is 2.72. The summed E-state index contributed by atoms with van der Waals surface area (Å²) in [5.74, 6) is -0.226. The van der Waals surface area contributed by atoms with Crippen molar-refractivity contribution in [2.45, 2.75) is 20.3 Å². The third kappa shape index (κ3) is 2.53. The van der Waals surface area contributed by atoms with E-state index in [-0.39, 0.29) is 17.7 Å². The maximum Gasteiger partial charge on any atom is 0.227 e. The molecule has 0 aliphatic carbocycles. The molecular formula is C14H18N2O2. The number of carbonyl (C=O) groups excluding carboxylic acids is 2. The highest BCUT2D eigenvalue weighted by Gasteiger charge is 2.34. The topological polar surface area (TPSA) is 49.4 Å². The summed E-state index contributed by atoms with van der Waals surface area (Å²) in [7, 11) is 0. The fraction of sp³-hybridized carbons (Fsp3) is 0.429. The Morgan fingerprint density at radius 2 is 2.28 bits per heavy atom. The highest BCUT2D eigenvalue weighted by molar-refractivity contribution is 6.00. The number of aryl methyl sites for hydroxylation is 1. The van der Waals surface area contributed by atoms with Gasteiger partial charge in [-0.15, -0.1) is 0 Å². The van der Waals surface area contributed by atoms with Gasteiger partial charge in [-0.2, -0.15) is 0 Å². The Hall–Kier alpha value is -1.84. The normalized spacial score (nSPS) is 19.1.